The Bertz CT molecular complexity index is 1140. The van der Waals surface area contributed by atoms with Gasteiger partial charge in [-0.1, -0.05) is 30.3 Å². The summed E-state index contributed by atoms with van der Waals surface area (Å²) in [6.45, 7) is 6.51. The van der Waals surface area contributed by atoms with Crippen LogP contribution >= 0.6 is 0 Å². The second kappa shape index (κ2) is 11.6. The molecule has 2 saturated carbocycles. The molecule has 4 rings (SSSR count). The lowest BCUT2D eigenvalue weighted by molar-refractivity contribution is -0.148. The average Bonchev–Trinajstić information content (AvgIpc) is 3.73. The summed E-state index contributed by atoms with van der Waals surface area (Å²) in [5.74, 6) is 0.979. The molecule has 0 saturated heterocycles. The summed E-state index contributed by atoms with van der Waals surface area (Å²) in [7, 11) is 3.32. The minimum Gasteiger partial charge on any atom is -0.496 e. The Labute approximate surface area is 225 Å². The molecule has 2 aliphatic carbocycles. The molecule has 2 unspecified atom stereocenters. The van der Waals surface area contributed by atoms with Crippen molar-refractivity contribution in [2.45, 2.75) is 76.5 Å². The molecule has 8 nitrogen and oxygen atoms in total. The second-order valence-corrected chi connectivity index (χ2v) is 10.5. The first kappa shape index (κ1) is 27.8. The van der Waals surface area contributed by atoms with Crippen molar-refractivity contribution in [2.24, 2.45) is 0 Å². The topological polar surface area (TPSA) is 97.3 Å². The molecule has 8 heteroatoms. The molecule has 2 aromatic carbocycles. The third-order valence-corrected chi connectivity index (χ3v) is 8.09. The van der Waals surface area contributed by atoms with E-state index in [1.165, 1.54) is 0 Å². The molecule has 2 fully saturated rings. The zero-order chi connectivity index (χ0) is 27.4. The van der Waals surface area contributed by atoms with Crippen molar-refractivity contribution < 1.29 is 28.9 Å². The number of urea groups is 1. The van der Waals surface area contributed by atoms with Gasteiger partial charge in [-0.3, -0.25) is 0 Å². The summed E-state index contributed by atoms with van der Waals surface area (Å²) < 4.78 is 17.7. The Hall–Kier alpha value is -3.26. The van der Waals surface area contributed by atoms with Gasteiger partial charge in [-0.15, -0.1) is 0 Å². The van der Waals surface area contributed by atoms with Crippen molar-refractivity contribution in [1.82, 2.24) is 10.2 Å². The van der Waals surface area contributed by atoms with Gasteiger partial charge in [0.15, 0.2) is 0 Å². The zero-order valence-corrected chi connectivity index (χ0v) is 23.1. The van der Waals surface area contributed by atoms with Crippen LogP contribution in [0.15, 0.2) is 36.4 Å². The average molecular weight is 525 g/mol. The van der Waals surface area contributed by atoms with Crippen molar-refractivity contribution in [2.75, 3.05) is 27.4 Å². The minimum atomic E-state index is -1.21. The molecular weight excluding hydrogens is 484 g/mol. The number of amides is 2. The molecule has 0 heterocycles. The molecule has 38 heavy (non-hydrogen) atoms. The highest BCUT2D eigenvalue weighted by molar-refractivity contribution is 5.87. The molecule has 2 aromatic rings. The predicted octanol–water partition coefficient (Wildman–Crippen LogP) is 5.75. The maximum atomic E-state index is 13.7. The number of nitrogens with zero attached hydrogens (tertiary/aromatic N) is 1. The van der Waals surface area contributed by atoms with Crippen molar-refractivity contribution in [3.05, 3.63) is 58.7 Å². The van der Waals surface area contributed by atoms with E-state index in [9.17, 15) is 14.7 Å². The molecule has 2 amide bonds. The van der Waals surface area contributed by atoms with E-state index in [-0.39, 0.29) is 18.7 Å². The van der Waals surface area contributed by atoms with Gasteiger partial charge in [0.1, 0.15) is 17.0 Å². The number of hydrogen-bond acceptors (Lipinski definition) is 5. The van der Waals surface area contributed by atoms with Crippen LogP contribution in [0.1, 0.15) is 86.3 Å². The van der Waals surface area contributed by atoms with Gasteiger partial charge in [0, 0.05) is 12.1 Å². The number of hydrogen-bond donors (Lipinski definition) is 2. The Balaban J connectivity index is 1.61. The fourth-order valence-electron chi connectivity index (χ4n) is 5.38. The first-order valence-electron chi connectivity index (χ1n) is 13.5. The van der Waals surface area contributed by atoms with E-state index in [2.05, 4.69) is 5.32 Å². The highest BCUT2D eigenvalue weighted by atomic mass is 16.5. The summed E-state index contributed by atoms with van der Waals surface area (Å²) in [5.41, 5.74) is 2.77. The summed E-state index contributed by atoms with van der Waals surface area (Å²) in [6, 6.07) is 11.1. The molecule has 0 radical (unpaired) electrons. The first-order chi connectivity index (χ1) is 18.2. The van der Waals surface area contributed by atoms with E-state index in [1.807, 2.05) is 57.2 Å². The number of nitrogens with one attached hydrogen (secondary N) is 1. The van der Waals surface area contributed by atoms with Crippen LogP contribution in [0.25, 0.3) is 0 Å². The van der Waals surface area contributed by atoms with E-state index < -0.39 is 17.5 Å². The SMILES string of the molecule is COc1cc(C(C)N(CCOC(C)c2ccccc2)C(=O)NC2(C(=O)O)CCC2)c(C)c(OC)c1C1CC1. The third-order valence-electron chi connectivity index (χ3n) is 8.09. The number of carboxylic acids is 1. The number of carbonyl (C=O) groups excluding carboxylic acids is 1. The van der Waals surface area contributed by atoms with E-state index in [0.717, 1.165) is 53.0 Å². The van der Waals surface area contributed by atoms with Crippen LogP contribution in [0, 0.1) is 6.92 Å². The maximum Gasteiger partial charge on any atom is 0.329 e. The van der Waals surface area contributed by atoms with Crippen molar-refractivity contribution in [3.8, 4) is 11.5 Å². The quantitative estimate of drug-likeness (QED) is 0.367. The van der Waals surface area contributed by atoms with Gasteiger partial charge in [0.2, 0.25) is 0 Å². The number of aliphatic carboxylic acids is 1. The monoisotopic (exact) mass is 524 g/mol. The summed E-state index contributed by atoms with van der Waals surface area (Å²) >= 11 is 0. The number of rotatable bonds is 12. The lowest BCUT2D eigenvalue weighted by atomic mass is 9.77. The number of methoxy groups -OCH3 is 2. The highest BCUT2D eigenvalue weighted by Crippen LogP contribution is 2.51. The summed E-state index contributed by atoms with van der Waals surface area (Å²) in [6.07, 6.45) is 3.68. The van der Waals surface area contributed by atoms with Gasteiger partial charge in [-0.25, -0.2) is 9.59 Å². The highest BCUT2D eigenvalue weighted by Gasteiger charge is 2.47. The second-order valence-electron chi connectivity index (χ2n) is 10.5. The van der Waals surface area contributed by atoms with Gasteiger partial charge in [0.25, 0.3) is 0 Å². The van der Waals surface area contributed by atoms with Crippen LogP contribution < -0.4 is 14.8 Å². The standard InChI is InChI=1S/C30H40N2O6/c1-19-24(18-25(36-4)26(23-12-13-23)27(19)37-5)20(2)32(29(35)31-30(28(33)34)14-9-15-30)16-17-38-21(3)22-10-7-6-8-11-22/h6-8,10-11,18,20-21,23H,9,12-17H2,1-5H3,(H,31,35)(H,33,34). The molecule has 206 valence electrons. The number of ether oxygens (including phenoxy) is 3. The van der Waals surface area contributed by atoms with Crippen LogP contribution in [0.5, 0.6) is 11.5 Å². The predicted molar refractivity (Wildman–Crippen MR) is 145 cm³/mol. The zero-order valence-electron chi connectivity index (χ0n) is 23.1. The molecule has 0 aliphatic heterocycles. The summed E-state index contributed by atoms with van der Waals surface area (Å²) in [5, 5.41) is 12.7. The molecular formula is C30H40N2O6. The van der Waals surface area contributed by atoms with Crippen LogP contribution in [0.4, 0.5) is 4.79 Å². The van der Waals surface area contributed by atoms with Gasteiger partial charge in [-0.05, 0) is 81.5 Å². The molecule has 2 aliphatic rings. The van der Waals surface area contributed by atoms with Crippen LogP contribution in [0.2, 0.25) is 0 Å². The fraction of sp³-hybridized carbons (Fsp3) is 0.533. The molecule has 0 spiro atoms. The lowest BCUT2D eigenvalue weighted by Gasteiger charge is -2.41. The fourth-order valence-corrected chi connectivity index (χ4v) is 5.38. The van der Waals surface area contributed by atoms with Gasteiger partial charge in [0.05, 0.1) is 33.0 Å². The first-order valence-corrected chi connectivity index (χ1v) is 13.5. The Morgan fingerprint density at radius 1 is 1.13 bits per heavy atom. The smallest absolute Gasteiger partial charge is 0.329 e. The van der Waals surface area contributed by atoms with Crippen molar-refractivity contribution >= 4 is 12.0 Å². The normalized spacial score (nSPS) is 17.6. The van der Waals surface area contributed by atoms with Gasteiger partial charge in [-0.2, -0.15) is 0 Å². The van der Waals surface area contributed by atoms with E-state index in [1.54, 1.807) is 19.1 Å². The maximum absolute atomic E-state index is 13.7. The molecule has 2 N–H and O–H groups in total. The number of carboxylic acid groups (broad SMARTS) is 1. The lowest BCUT2D eigenvalue weighted by Crippen LogP contribution is -2.62. The molecule has 0 bridgehead atoms. The molecule has 2 atom stereocenters. The van der Waals surface area contributed by atoms with E-state index >= 15 is 0 Å². The summed E-state index contributed by atoms with van der Waals surface area (Å²) in [4.78, 5) is 27.3. The minimum absolute atomic E-state index is 0.145. The Morgan fingerprint density at radius 3 is 2.34 bits per heavy atom. The van der Waals surface area contributed by atoms with Crippen LogP contribution in [-0.4, -0.2) is 54.9 Å². The van der Waals surface area contributed by atoms with E-state index in [0.29, 0.717) is 25.4 Å². The van der Waals surface area contributed by atoms with Crippen molar-refractivity contribution in [3.63, 3.8) is 0 Å². The number of carbonyl (C=O) groups is 2. The van der Waals surface area contributed by atoms with Gasteiger partial charge >= 0.3 is 12.0 Å². The Morgan fingerprint density at radius 2 is 1.82 bits per heavy atom. The van der Waals surface area contributed by atoms with Crippen molar-refractivity contribution in [1.29, 1.82) is 0 Å². The van der Waals surface area contributed by atoms with Crippen LogP contribution in [-0.2, 0) is 9.53 Å². The molecule has 0 aromatic heterocycles. The largest absolute Gasteiger partial charge is 0.496 e. The van der Waals surface area contributed by atoms with Gasteiger partial charge < -0.3 is 29.5 Å². The van der Waals surface area contributed by atoms with E-state index in [4.69, 9.17) is 14.2 Å². The van der Waals surface area contributed by atoms with Crippen LogP contribution in [0.3, 0.4) is 0 Å². The number of benzene rings is 2. The third kappa shape index (κ3) is 5.60. The Kier molecular flexibility index (Phi) is 8.51.